The molecule has 0 radical (unpaired) electrons. The standard InChI is InChI=1S/C21H25N3O2S/c1-17(2)20-8-6-18(7-9-20)16-23-10-12-24(13-11-23)27(25,26)21-5-3-4-19(14-21)15-22/h3-9,14,17H,10-13,16H2,1-2H3/p+1. The first-order chi connectivity index (χ1) is 12.9. The van der Waals surface area contributed by atoms with E-state index in [1.165, 1.54) is 26.4 Å². The van der Waals surface area contributed by atoms with Crippen molar-refractivity contribution in [3.05, 3.63) is 65.2 Å². The molecule has 2 aromatic carbocycles. The minimum absolute atomic E-state index is 0.203. The van der Waals surface area contributed by atoms with Crippen LogP contribution >= 0.6 is 0 Å². The Morgan fingerprint density at radius 2 is 1.78 bits per heavy atom. The van der Waals surface area contributed by atoms with Crippen molar-refractivity contribution in [2.75, 3.05) is 26.2 Å². The molecule has 0 spiro atoms. The predicted molar refractivity (Wildman–Crippen MR) is 105 cm³/mol. The molecular weight excluding hydrogens is 358 g/mol. The average Bonchev–Trinajstić information content (AvgIpc) is 2.69. The van der Waals surface area contributed by atoms with Crippen molar-refractivity contribution < 1.29 is 13.3 Å². The summed E-state index contributed by atoms with van der Waals surface area (Å²) in [6, 6.07) is 17.0. The number of rotatable bonds is 5. The minimum Gasteiger partial charge on any atom is -0.329 e. The summed E-state index contributed by atoms with van der Waals surface area (Å²) in [6.45, 7) is 7.85. The normalized spacial score (nSPS) is 16.4. The summed E-state index contributed by atoms with van der Waals surface area (Å²) in [5, 5.41) is 9.00. The zero-order valence-electron chi connectivity index (χ0n) is 15.9. The highest BCUT2D eigenvalue weighted by Crippen LogP contribution is 2.17. The van der Waals surface area contributed by atoms with Crippen LogP contribution in [0.15, 0.2) is 53.4 Å². The van der Waals surface area contributed by atoms with Crippen molar-refractivity contribution in [2.24, 2.45) is 0 Å². The molecule has 0 saturated carbocycles. The van der Waals surface area contributed by atoms with Gasteiger partial charge in [-0.2, -0.15) is 9.57 Å². The van der Waals surface area contributed by atoms with Gasteiger partial charge in [-0.3, -0.25) is 0 Å². The molecule has 27 heavy (non-hydrogen) atoms. The third kappa shape index (κ3) is 4.56. The first-order valence-corrected chi connectivity index (χ1v) is 10.8. The Morgan fingerprint density at radius 1 is 1.11 bits per heavy atom. The molecule has 1 aliphatic rings. The van der Waals surface area contributed by atoms with Crippen LogP contribution in [0.4, 0.5) is 0 Å². The van der Waals surface area contributed by atoms with Crippen LogP contribution in [-0.4, -0.2) is 38.9 Å². The fourth-order valence-electron chi connectivity index (χ4n) is 3.40. The highest BCUT2D eigenvalue weighted by Gasteiger charge is 2.30. The van der Waals surface area contributed by atoms with E-state index in [1.54, 1.807) is 18.2 Å². The fourth-order valence-corrected chi connectivity index (χ4v) is 4.89. The third-order valence-electron chi connectivity index (χ3n) is 5.13. The molecule has 1 fully saturated rings. The number of nitrogens with zero attached hydrogens (tertiary/aromatic N) is 2. The fraction of sp³-hybridized carbons (Fsp3) is 0.381. The molecule has 142 valence electrons. The number of quaternary nitrogens is 1. The van der Waals surface area contributed by atoms with Crippen LogP contribution in [0.2, 0.25) is 0 Å². The largest absolute Gasteiger partial charge is 0.329 e. The van der Waals surface area contributed by atoms with Crippen molar-refractivity contribution >= 4 is 10.0 Å². The second-order valence-corrected chi connectivity index (χ2v) is 9.30. The van der Waals surface area contributed by atoms with Crippen molar-refractivity contribution in [3.8, 4) is 6.07 Å². The molecule has 0 bridgehead atoms. The second kappa shape index (κ2) is 8.22. The zero-order chi connectivity index (χ0) is 19.4. The summed E-state index contributed by atoms with van der Waals surface area (Å²) in [5.41, 5.74) is 2.99. The van der Waals surface area contributed by atoms with Crippen LogP contribution in [0.25, 0.3) is 0 Å². The van der Waals surface area contributed by atoms with E-state index in [2.05, 4.69) is 38.1 Å². The quantitative estimate of drug-likeness (QED) is 0.854. The van der Waals surface area contributed by atoms with Crippen molar-refractivity contribution in [1.82, 2.24) is 4.31 Å². The van der Waals surface area contributed by atoms with Crippen LogP contribution in [0.5, 0.6) is 0 Å². The molecule has 0 unspecified atom stereocenters. The number of hydrogen-bond acceptors (Lipinski definition) is 3. The van der Waals surface area contributed by atoms with E-state index in [1.807, 2.05) is 6.07 Å². The molecule has 0 aromatic heterocycles. The summed E-state index contributed by atoms with van der Waals surface area (Å²) >= 11 is 0. The second-order valence-electron chi connectivity index (χ2n) is 7.37. The molecule has 0 atom stereocenters. The topological polar surface area (TPSA) is 65.6 Å². The van der Waals surface area contributed by atoms with Gasteiger partial charge in [-0.1, -0.05) is 44.2 Å². The van der Waals surface area contributed by atoms with Crippen LogP contribution in [0, 0.1) is 11.3 Å². The van der Waals surface area contributed by atoms with Gasteiger partial charge in [-0.05, 0) is 29.7 Å². The number of nitrogens with one attached hydrogen (secondary N) is 1. The van der Waals surface area contributed by atoms with E-state index in [0.29, 0.717) is 24.6 Å². The summed E-state index contributed by atoms with van der Waals surface area (Å²) in [7, 11) is -3.54. The number of hydrogen-bond donors (Lipinski definition) is 1. The SMILES string of the molecule is CC(C)c1ccc(C[NH+]2CCN(S(=O)(=O)c3cccc(C#N)c3)CC2)cc1. The Bertz CT molecular complexity index is 923. The average molecular weight is 385 g/mol. The number of benzene rings is 2. The van der Waals surface area contributed by atoms with Gasteiger partial charge in [0.1, 0.15) is 6.54 Å². The highest BCUT2D eigenvalue weighted by molar-refractivity contribution is 7.89. The van der Waals surface area contributed by atoms with Crippen LogP contribution < -0.4 is 4.90 Å². The predicted octanol–water partition coefficient (Wildman–Crippen LogP) is 1.77. The van der Waals surface area contributed by atoms with E-state index in [9.17, 15) is 8.42 Å². The summed E-state index contributed by atoms with van der Waals surface area (Å²) < 4.78 is 27.2. The van der Waals surface area contributed by atoms with E-state index in [4.69, 9.17) is 5.26 Å². The molecule has 1 N–H and O–H groups in total. The van der Waals surface area contributed by atoms with Gasteiger partial charge < -0.3 is 4.90 Å². The van der Waals surface area contributed by atoms with Gasteiger partial charge in [-0.15, -0.1) is 0 Å². The first-order valence-electron chi connectivity index (χ1n) is 9.33. The maximum absolute atomic E-state index is 12.8. The zero-order valence-corrected chi connectivity index (χ0v) is 16.7. The minimum atomic E-state index is -3.54. The van der Waals surface area contributed by atoms with Crippen LogP contribution in [0.3, 0.4) is 0 Å². The van der Waals surface area contributed by atoms with Gasteiger partial charge in [0.25, 0.3) is 0 Å². The van der Waals surface area contributed by atoms with Gasteiger partial charge in [0.2, 0.25) is 10.0 Å². The van der Waals surface area contributed by atoms with Gasteiger partial charge >= 0.3 is 0 Å². The van der Waals surface area contributed by atoms with E-state index in [0.717, 1.165) is 19.6 Å². The highest BCUT2D eigenvalue weighted by atomic mass is 32.2. The van der Waals surface area contributed by atoms with E-state index >= 15 is 0 Å². The smallest absolute Gasteiger partial charge is 0.243 e. The van der Waals surface area contributed by atoms with Gasteiger partial charge in [0, 0.05) is 5.56 Å². The Labute approximate surface area is 161 Å². The maximum Gasteiger partial charge on any atom is 0.243 e. The first kappa shape index (κ1) is 19.6. The Hall–Kier alpha value is -2.20. The lowest BCUT2D eigenvalue weighted by atomic mass is 10.0. The molecule has 0 amide bonds. The monoisotopic (exact) mass is 384 g/mol. The summed E-state index contributed by atoms with van der Waals surface area (Å²) in [4.78, 5) is 1.60. The maximum atomic E-state index is 12.8. The molecule has 1 saturated heterocycles. The lowest BCUT2D eigenvalue weighted by molar-refractivity contribution is -0.917. The van der Waals surface area contributed by atoms with Gasteiger partial charge in [0.15, 0.2) is 0 Å². The van der Waals surface area contributed by atoms with Gasteiger partial charge in [-0.25, -0.2) is 8.42 Å². The Balaban J connectivity index is 1.62. The molecule has 6 heteroatoms. The van der Waals surface area contributed by atoms with E-state index in [-0.39, 0.29) is 4.90 Å². The van der Waals surface area contributed by atoms with Crippen LogP contribution in [-0.2, 0) is 16.6 Å². The number of sulfonamides is 1. The summed E-state index contributed by atoms with van der Waals surface area (Å²) in [6.07, 6.45) is 0. The molecular formula is C21H26N3O2S+. The van der Waals surface area contributed by atoms with Crippen molar-refractivity contribution in [3.63, 3.8) is 0 Å². The molecule has 0 aliphatic carbocycles. The number of nitriles is 1. The molecule has 5 nitrogen and oxygen atoms in total. The lowest BCUT2D eigenvalue weighted by Gasteiger charge is -2.31. The van der Waals surface area contributed by atoms with Crippen LogP contribution in [0.1, 0.15) is 36.5 Å². The van der Waals surface area contributed by atoms with Crippen molar-refractivity contribution in [2.45, 2.75) is 31.2 Å². The third-order valence-corrected chi connectivity index (χ3v) is 7.03. The molecule has 1 heterocycles. The van der Waals surface area contributed by atoms with Gasteiger partial charge in [0.05, 0.1) is 42.7 Å². The van der Waals surface area contributed by atoms with Crippen molar-refractivity contribution in [1.29, 1.82) is 5.26 Å². The Kier molecular flexibility index (Phi) is 5.95. The number of piperazine rings is 1. The molecule has 1 aliphatic heterocycles. The lowest BCUT2D eigenvalue weighted by Crippen LogP contribution is -3.13. The molecule has 2 aromatic rings. The Morgan fingerprint density at radius 3 is 2.37 bits per heavy atom. The molecule has 3 rings (SSSR count). The summed E-state index contributed by atoms with van der Waals surface area (Å²) in [5.74, 6) is 0.527. The van der Waals surface area contributed by atoms with E-state index < -0.39 is 10.0 Å².